The Morgan fingerprint density at radius 3 is 2.29 bits per heavy atom. The molecule has 7 heteroatoms. The van der Waals surface area contributed by atoms with E-state index >= 15 is 0 Å². The Labute approximate surface area is 166 Å². The Morgan fingerprint density at radius 1 is 0.964 bits per heavy atom. The van der Waals surface area contributed by atoms with Crippen molar-refractivity contribution in [3.05, 3.63) is 39.4 Å². The van der Waals surface area contributed by atoms with Crippen molar-refractivity contribution in [1.82, 2.24) is 0 Å². The number of esters is 2. The number of carbonyl (C=O) groups excluding carboxylic acids is 2. The lowest BCUT2D eigenvalue weighted by molar-refractivity contribution is -0.385. The number of benzene rings is 1. The molecule has 0 spiro atoms. The number of unbranched alkanes of at least 4 members (excludes halogenated alkanes) is 5. The Bertz CT molecular complexity index is 644. The van der Waals surface area contributed by atoms with Gasteiger partial charge in [-0.3, -0.25) is 19.7 Å². The van der Waals surface area contributed by atoms with Gasteiger partial charge in [-0.05, 0) is 25.3 Å². The second kappa shape index (κ2) is 13.7. The van der Waals surface area contributed by atoms with Crippen LogP contribution in [0.15, 0.2) is 18.2 Å². The summed E-state index contributed by atoms with van der Waals surface area (Å²) in [7, 11) is 0. The normalized spacial score (nSPS) is 10.5. The van der Waals surface area contributed by atoms with Crippen LogP contribution in [0.1, 0.15) is 75.8 Å². The first kappa shape index (κ1) is 23.6. The fourth-order valence-corrected chi connectivity index (χ4v) is 2.70. The predicted molar refractivity (Wildman–Crippen MR) is 106 cm³/mol. The maximum atomic E-state index is 11.8. The van der Waals surface area contributed by atoms with E-state index in [0.717, 1.165) is 12.8 Å². The zero-order valence-electron chi connectivity index (χ0n) is 16.9. The fourth-order valence-electron chi connectivity index (χ4n) is 2.70. The van der Waals surface area contributed by atoms with Crippen LogP contribution >= 0.6 is 0 Å². The highest BCUT2D eigenvalue weighted by Gasteiger charge is 2.12. The molecule has 0 atom stereocenters. The van der Waals surface area contributed by atoms with E-state index in [-0.39, 0.29) is 31.1 Å². The van der Waals surface area contributed by atoms with Gasteiger partial charge < -0.3 is 9.47 Å². The van der Waals surface area contributed by atoms with Gasteiger partial charge in [-0.1, -0.05) is 51.2 Å². The van der Waals surface area contributed by atoms with E-state index in [1.54, 1.807) is 19.1 Å². The summed E-state index contributed by atoms with van der Waals surface area (Å²) in [6.45, 7) is 4.23. The molecular weight excluding hydrogens is 362 g/mol. The number of rotatable bonds is 14. The average molecular weight is 393 g/mol. The van der Waals surface area contributed by atoms with Gasteiger partial charge in [-0.15, -0.1) is 0 Å². The Morgan fingerprint density at radius 2 is 1.61 bits per heavy atom. The third kappa shape index (κ3) is 10.0. The van der Waals surface area contributed by atoms with Crippen LogP contribution in [-0.2, 0) is 25.7 Å². The van der Waals surface area contributed by atoms with Gasteiger partial charge in [-0.2, -0.15) is 0 Å². The van der Waals surface area contributed by atoms with E-state index in [1.807, 2.05) is 0 Å². The van der Waals surface area contributed by atoms with Crippen molar-refractivity contribution in [2.24, 2.45) is 0 Å². The molecule has 0 heterocycles. The zero-order chi connectivity index (χ0) is 20.8. The molecule has 0 unspecified atom stereocenters. The van der Waals surface area contributed by atoms with E-state index < -0.39 is 10.9 Å². The highest BCUT2D eigenvalue weighted by Crippen LogP contribution is 2.19. The predicted octanol–water partition coefficient (Wildman–Crippen LogP) is 5.02. The molecule has 28 heavy (non-hydrogen) atoms. The van der Waals surface area contributed by atoms with Gasteiger partial charge in [-0.25, -0.2) is 0 Å². The van der Waals surface area contributed by atoms with Crippen molar-refractivity contribution in [3.63, 3.8) is 0 Å². The van der Waals surface area contributed by atoms with Crippen LogP contribution < -0.4 is 0 Å². The van der Waals surface area contributed by atoms with Crippen LogP contribution in [0.25, 0.3) is 0 Å². The SMILES string of the molecule is CCCCCCCCOC(=O)CCCC(=O)OCc1ccc(C)c([N+](=O)[O-])c1. The van der Waals surface area contributed by atoms with E-state index in [2.05, 4.69) is 6.92 Å². The molecule has 0 fully saturated rings. The van der Waals surface area contributed by atoms with Gasteiger partial charge in [0.1, 0.15) is 6.61 Å². The van der Waals surface area contributed by atoms with Crippen molar-refractivity contribution >= 4 is 17.6 Å². The number of aryl methyl sites for hydroxylation is 1. The van der Waals surface area contributed by atoms with Crippen molar-refractivity contribution < 1.29 is 24.0 Å². The van der Waals surface area contributed by atoms with Gasteiger partial charge in [0, 0.05) is 24.5 Å². The molecule has 0 saturated heterocycles. The number of ether oxygens (including phenoxy) is 2. The van der Waals surface area contributed by atoms with Crippen LogP contribution in [0, 0.1) is 17.0 Å². The van der Waals surface area contributed by atoms with Crippen LogP contribution in [0.2, 0.25) is 0 Å². The fraction of sp³-hybridized carbons (Fsp3) is 0.619. The second-order valence-electron chi connectivity index (χ2n) is 6.88. The lowest BCUT2D eigenvalue weighted by Gasteiger charge is -2.07. The van der Waals surface area contributed by atoms with Crippen LogP contribution in [0.5, 0.6) is 0 Å². The average Bonchev–Trinajstić information content (AvgIpc) is 2.66. The number of hydrogen-bond acceptors (Lipinski definition) is 6. The van der Waals surface area contributed by atoms with E-state index in [1.165, 1.54) is 31.7 Å². The summed E-state index contributed by atoms with van der Waals surface area (Å²) in [5.74, 6) is -0.734. The van der Waals surface area contributed by atoms with Crippen molar-refractivity contribution in [2.75, 3.05) is 6.61 Å². The molecule has 0 aromatic heterocycles. The molecule has 0 aliphatic rings. The molecule has 0 bridgehead atoms. The van der Waals surface area contributed by atoms with Gasteiger partial charge in [0.25, 0.3) is 5.69 Å². The molecule has 156 valence electrons. The smallest absolute Gasteiger partial charge is 0.306 e. The lowest BCUT2D eigenvalue weighted by atomic mass is 10.1. The maximum Gasteiger partial charge on any atom is 0.306 e. The number of hydrogen-bond donors (Lipinski definition) is 0. The van der Waals surface area contributed by atoms with Crippen LogP contribution in [-0.4, -0.2) is 23.5 Å². The van der Waals surface area contributed by atoms with Crippen molar-refractivity contribution in [2.45, 2.75) is 78.2 Å². The van der Waals surface area contributed by atoms with E-state index in [9.17, 15) is 19.7 Å². The van der Waals surface area contributed by atoms with Gasteiger partial charge in [0.2, 0.25) is 0 Å². The van der Waals surface area contributed by atoms with Crippen LogP contribution in [0.3, 0.4) is 0 Å². The van der Waals surface area contributed by atoms with Crippen LogP contribution in [0.4, 0.5) is 5.69 Å². The minimum absolute atomic E-state index is 0.00154. The first-order chi connectivity index (χ1) is 13.4. The van der Waals surface area contributed by atoms with E-state index in [0.29, 0.717) is 24.2 Å². The maximum absolute atomic E-state index is 11.8. The zero-order valence-corrected chi connectivity index (χ0v) is 16.9. The first-order valence-electron chi connectivity index (χ1n) is 9.99. The number of nitrogens with zero attached hydrogens (tertiary/aromatic N) is 1. The minimum atomic E-state index is -0.461. The molecule has 0 N–H and O–H groups in total. The number of nitro benzene ring substituents is 1. The summed E-state index contributed by atoms with van der Waals surface area (Å²) in [6.07, 6.45) is 7.45. The summed E-state index contributed by atoms with van der Waals surface area (Å²) in [6, 6.07) is 4.72. The summed E-state index contributed by atoms with van der Waals surface area (Å²) in [4.78, 5) is 33.9. The quantitative estimate of drug-likeness (QED) is 0.191. The topological polar surface area (TPSA) is 95.7 Å². The summed E-state index contributed by atoms with van der Waals surface area (Å²) >= 11 is 0. The highest BCUT2D eigenvalue weighted by atomic mass is 16.6. The Balaban J connectivity index is 2.14. The van der Waals surface area contributed by atoms with Gasteiger partial charge in [0.05, 0.1) is 11.5 Å². The molecule has 0 amide bonds. The van der Waals surface area contributed by atoms with E-state index in [4.69, 9.17) is 9.47 Å². The Kier molecular flexibility index (Phi) is 11.5. The Hall–Kier alpha value is -2.44. The second-order valence-corrected chi connectivity index (χ2v) is 6.88. The van der Waals surface area contributed by atoms with Crippen molar-refractivity contribution in [1.29, 1.82) is 0 Å². The molecule has 1 aromatic rings. The number of carbonyl (C=O) groups is 2. The third-order valence-corrected chi connectivity index (χ3v) is 4.39. The molecule has 0 saturated carbocycles. The molecular formula is C21H31NO6. The lowest BCUT2D eigenvalue weighted by Crippen LogP contribution is -2.09. The van der Waals surface area contributed by atoms with Crippen molar-refractivity contribution in [3.8, 4) is 0 Å². The summed E-state index contributed by atoms with van der Waals surface area (Å²) < 4.78 is 10.3. The summed E-state index contributed by atoms with van der Waals surface area (Å²) in [5, 5.41) is 10.9. The molecule has 0 radical (unpaired) electrons. The summed E-state index contributed by atoms with van der Waals surface area (Å²) in [5.41, 5.74) is 1.12. The monoisotopic (exact) mass is 393 g/mol. The molecule has 1 rings (SSSR count). The van der Waals surface area contributed by atoms with Gasteiger partial charge >= 0.3 is 11.9 Å². The minimum Gasteiger partial charge on any atom is -0.466 e. The largest absolute Gasteiger partial charge is 0.466 e. The van der Waals surface area contributed by atoms with Gasteiger partial charge in [0.15, 0.2) is 0 Å². The first-order valence-corrected chi connectivity index (χ1v) is 9.99. The third-order valence-electron chi connectivity index (χ3n) is 4.39. The molecule has 0 aliphatic heterocycles. The highest BCUT2D eigenvalue weighted by molar-refractivity contribution is 5.72. The standard InChI is InChI=1S/C21H31NO6/c1-3-4-5-6-7-8-14-27-20(23)10-9-11-21(24)28-16-18-13-12-17(2)19(15-18)22(25)26/h12-13,15H,3-11,14,16H2,1-2H3. The molecule has 1 aromatic carbocycles. The molecule has 7 nitrogen and oxygen atoms in total. The number of nitro groups is 1. The molecule has 0 aliphatic carbocycles.